The fourth-order valence-electron chi connectivity index (χ4n) is 2.47. The lowest BCUT2D eigenvalue weighted by atomic mass is 10.2. The van der Waals surface area contributed by atoms with E-state index in [1.807, 2.05) is 0 Å². The van der Waals surface area contributed by atoms with Gasteiger partial charge in [-0.15, -0.1) is 0 Å². The van der Waals surface area contributed by atoms with Gasteiger partial charge in [-0.1, -0.05) is 6.07 Å². The lowest BCUT2D eigenvalue weighted by Crippen LogP contribution is -2.43. The number of rotatable bonds is 5. The zero-order chi connectivity index (χ0) is 17.9. The number of likely N-dealkylation sites (tertiary alicyclic amines) is 1. The molecule has 9 heteroatoms. The van der Waals surface area contributed by atoms with Crippen molar-refractivity contribution in [3.05, 3.63) is 29.8 Å². The van der Waals surface area contributed by atoms with Gasteiger partial charge in [-0.2, -0.15) is 13.2 Å². The topological polar surface area (TPSA) is 76.1 Å². The minimum absolute atomic E-state index is 0.0955. The van der Waals surface area contributed by atoms with E-state index in [1.54, 1.807) is 0 Å². The molecule has 1 N–H and O–H groups in total. The number of nitrogens with zero attached hydrogens (tertiary/aromatic N) is 1. The summed E-state index contributed by atoms with van der Waals surface area (Å²) in [5, 5.41) is 9.14. The summed E-state index contributed by atoms with van der Waals surface area (Å²) in [6, 6.07) is 3.09. The van der Waals surface area contributed by atoms with Crippen LogP contribution >= 0.6 is 0 Å². The molecule has 2 atom stereocenters. The van der Waals surface area contributed by atoms with Crippen LogP contribution in [0.1, 0.15) is 12.0 Å². The molecule has 1 aliphatic rings. The largest absolute Gasteiger partial charge is 0.484 e. The number of aliphatic carboxylic acids is 1. The molecule has 1 aromatic carbocycles. The Morgan fingerprint density at radius 1 is 1.38 bits per heavy atom. The van der Waals surface area contributed by atoms with Gasteiger partial charge >= 0.3 is 12.1 Å². The van der Waals surface area contributed by atoms with Crippen LogP contribution < -0.4 is 4.74 Å². The second-order valence-corrected chi connectivity index (χ2v) is 5.31. The Hall–Kier alpha value is -2.29. The first-order chi connectivity index (χ1) is 11.2. The van der Waals surface area contributed by atoms with E-state index in [4.69, 9.17) is 14.6 Å². The molecule has 24 heavy (non-hydrogen) atoms. The number of amides is 1. The Kier molecular flexibility index (Phi) is 5.33. The number of ether oxygens (including phenoxy) is 2. The van der Waals surface area contributed by atoms with E-state index < -0.39 is 42.4 Å². The van der Waals surface area contributed by atoms with E-state index in [0.717, 1.165) is 17.0 Å². The summed E-state index contributed by atoms with van der Waals surface area (Å²) < 4.78 is 48.0. The number of methoxy groups -OCH3 is 1. The summed E-state index contributed by atoms with van der Waals surface area (Å²) in [5.41, 5.74) is -0.892. The second kappa shape index (κ2) is 7.08. The van der Waals surface area contributed by atoms with Crippen molar-refractivity contribution in [2.45, 2.75) is 24.7 Å². The zero-order valence-corrected chi connectivity index (χ0v) is 12.7. The SMILES string of the molecule is COC1CC(C(=O)O)N(C(=O)COc2cccc(C(F)(F)F)c2)C1. The van der Waals surface area contributed by atoms with Crippen LogP contribution in [-0.2, 0) is 20.5 Å². The Morgan fingerprint density at radius 2 is 2.08 bits per heavy atom. The van der Waals surface area contributed by atoms with E-state index in [2.05, 4.69) is 0 Å². The average molecular weight is 347 g/mol. The highest BCUT2D eigenvalue weighted by Gasteiger charge is 2.39. The zero-order valence-electron chi connectivity index (χ0n) is 12.7. The van der Waals surface area contributed by atoms with Gasteiger partial charge in [-0.25, -0.2) is 4.79 Å². The molecule has 2 unspecified atom stereocenters. The number of carbonyl (C=O) groups is 2. The lowest BCUT2D eigenvalue weighted by molar-refractivity contribution is -0.149. The van der Waals surface area contributed by atoms with Crippen molar-refractivity contribution in [3.8, 4) is 5.75 Å². The molecule has 1 fully saturated rings. The van der Waals surface area contributed by atoms with Crippen LogP contribution in [0.15, 0.2) is 24.3 Å². The number of hydrogen-bond donors (Lipinski definition) is 1. The van der Waals surface area contributed by atoms with Crippen LogP contribution in [0.25, 0.3) is 0 Å². The van der Waals surface area contributed by atoms with Crippen molar-refractivity contribution in [1.82, 2.24) is 4.90 Å². The number of carboxylic acid groups (broad SMARTS) is 1. The molecule has 0 aliphatic carbocycles. The molecule has 1 amide bonds. The maximum Gasteiger partial charge on any atom is 0.416 e. The molecule has 0 bridgehead atoms. The van der Waals surface area contributed by atoms with Crippen molar-refractivity contribution < 1.29 is 37.3 Å². The van der Waals surface area contributed by atoms with Crippen molar-refractivity contribution in [2.24, 2.45) is 0 Å². The molecular weight excluding hydrogens is 331 g/mol. The normalized spacial score (nSPS) is 20.9. The summed E-state index contributed by atoms with van der Waals surface area (Å²) in [5.74, 6) is -1.91. The summed E-state index contributed by atoms with van der Waals surface area (Å²) >= 11 is 0. The van der Waals surface area contributed by atoms with Gasteiger partial charge in [0.15, 0.2) is 6.61 Å². The molecule has 0 spiro atoms. The fourth-order valence-corrected chi connectivity index (χ4v) is 2.47. The molecular formula is C15H16F3NO5. The van der Waals surface area contributed by atoms with Gasteiger partial charge < -0.3 is 19.5 Å². The minimum Gasteiger partial charge on any atom is -0.484 e. The van der Waals surface area contributed by atoms with E-state index >= 15 is 0 Å². The predicted octanol–water partition coefficient (Wildman–Crippen LogP) is 1.78. The molecule has 2 rings (SSSR count). The third kappa shape index (κ3) is 4.16. The van der Waals surface area contributed by atoms with Crippen LogP contribution in [0.2, 0.25) is 0 Å². The van der Waals surface area contributed by atoms with Gasteiger partial charge in [-0.05, 0) is 18.2 Å². The van der Waals surface area contributed by atoms with Gasteiger partial charge in [0.05, 0.1) is 11.7 Å². The Labute approximate surface area is 135 Å². The summed E-state index contributed by atoms with van der Waals surface area (Å²) in [6.45, 7) is -0.459. The number of carboxylic acids is 1. The minimum atomic E-state index is -4.52. The van der Waals surface area contributed by atoms with Gasteiger partial charge in [0.1, 0.15) is 11.8 Å². The van der Waals surface area contributed by atoms with E-state index in [0.29, 0.717) is 0 Å². The van der Waals surface area contributed by atoms with E-state index in [1.165, 1.54) is 19.2 Å². The molecule has 0 radical (unpaired) electrons. The maximum absolute atomic E-state index is 12.6. The second-order valence-electron chi connectivity index (χ2n) is 5.31. The van der Waals surface area contributed by atoms with Gasteiger partial charge in [0.25, 0.3) is 5.91 Å². The number of hydrogen-bond acceptors (Lipinski definition) is 4. The average Bonchev–Trinajstić information content (AvgIpc) is 2.97. The standard InChI is InChI=1S/C15H16F3NO5/c1-23-11-6-12(14(21)22)19(7-11)13(20)8-24-10-4-2-3-9(5-10)15(16,17)18/h2-5,11-12H,6-8H2,1H3,(H,21,22). The van der Waals surface area contributed by atoms with Crippen molar-refractivity contribution in [1.29, 1.82) is 0 Å². The molecule has 6 nitrogen and oxygen atoms in total. The number of carbonyl (C=O) groups excluding carboxylic acids is 1. The Morgan fingerprint density at radius 3 is 2.67 bits per heavy atom. The van der Waals surface area contributed by atoms with Crippen molar-refractivity contribution in [2.75, 3.05) is 20.3 Å². The first kappa shape index (κ1) is 18.1. The first-order valence-corrected chi connectivity index (χ1v) is 7.07. The first-order valence-electron chi connectivity index (χ1n) is 7.07. The van der Waals surface area contributed by atoms with Gasteiger partial charge in [0.2, 0.25) is 0 Å². The quantitative estimate of drug-likeness (QED) is 0.879. The van der Waals surface area contributed by atoms with Crippen LogP contribution in [-0.4, -0.2) is 54.3 Å². The van der Waals surface area contributed by atoms with Gasteiger partial charge in [0, 0.05) is 20.1 Å². The highest BCUT2D eigenvalue weighted by molar-refractivity contribution is 5.85. The third-order valence-corrected chi connectivity index (χ3v) is 3.73. The highest BCUT2D eigenvalue weighted by atomic mass is 19.4. The molecule has 1 aliphatic heterocycles. The predicted molar refractivity (Wildman–Crippen MR) is 75.5 cm³/mol. The molecule has 0 saturated carbocycles. The third-order valence-electron chi connectivity index (χ3n) is 3.73. The fraction of sp³-hybridized carbons (Fsp3) is 0.467. The molecule has 1 aromatic rings. The smallest absolute Gasteiger partial charge is 0.416 e. The molecule has 1 saturated heterocycles. The Balaban J connectivity index is 2.01. The van der Waals surface area contributed by atoms with Crippen molar-refractivity contribution in [3.63, 3.8) is 0 Å². The van der Waals surface area contributed by atoms with Crippen LogP contribution in [0, 0.1) is 0 Å². The van der Waals surface area contributed by atoms with E-state index in [-0.39, 0.29) is 18.7 Å². The van der Waals surface area contributed by atoms with Crippen LogP contribution in [0.4, 0.5) is 13.2 Å². The van der Waals surface area contributed by atoms with Crippen LogP contribution in [0.5, 0.6) is 5.75 Å². The molecule has 132 valence electrons. The number of halogens is 3. The van der Waals surface area contributed by atoms with E-state index in [9.17, 15) is 22.8 Å². The monoisotopic (exact) mass is 347 g/mol. The number of benzene rings is 1. The summed E-state index contributed by atoms with van der Waals surface area (Å²) in [4.78, 5) is 24.4. The number of alkyl halides is 3. The van der Waals surface area contributed by atoms with Crippen molar-refractivity contribution >= 4 is 11.9 Å². The molecule has 0 aromatic heterocycles. The highest BCUT2D eigenvalue weighted by Crippen LogP contribution is 2.31. The van der Waals surface area contributed by atoms with Crippen LogP contribution in [0.3, 0.4) is 0 Å². The summed E-state index contributed by atoms with van der Waals surface area (Å²) in [6.07, 6.45) is -4.76. The molecule has 1 heterocycles. The lowest BCUT2D eigenvalue weighted by Gasteiger charge is -2.21. The summed E-state index contributed by atoms with van der Waals surface area (Å²) in [7, 11) is 1.41. The maximum atomic E-state index is 12.6. The Bertz CT molecular complexity index is 619. The van der Waals surface area contributed by atoms with Gasteiger partial charge in [-0.3, -0.25) is 4.79 Å².